The van der Waals surface area contributed by atoms with Crippen LogP contribution >= 0.6 is 11.6 Å². The molecular weight excluding hydrogens is 304 g/mol. The van der Waals surface area contributed by atoms with Crippen molar-refractivity contribution in [3.63, 3.8) is 0 Å². The maximum Gasteiger partial charge on any atom is 0.377 e. The van der Waals surface area contributed by atoms with E-state index in [2.05, 4.69) is 25.8 Å². The lowest BCUT2D eigenvalue weighted by molar-refractivity contribution is 0.0585. The van der Waals surface area contributed by atoms with E-state index < -0.39 is 5.97 Å². The minimum atomic E-state index is -0.522. The van der Waals surface area contributed by atoms with E-state index in [-0.39, 0.29) is 5.82 Å². The summed E-state index contributed by atoms with van der Waals surface area (Å²) in [5.41, 5.74) is 1.21. The zero-order chi connectivity index (χ0) is 15.5. The smallest absolute Gasteiger partial charge is 0.377 e. The van der Waals surface area contributed by atoms with E-state index in [9.17, 15) is 4.79 Å². The number of carbonyl (C=O) groups excluding carboxylic acids is 1. The topological polar surface area (TPSA) is 60.2 Å². The number of likely N-dealkylation sites (tertiary alicyclic amines) is 1. The van der Waals surface area contributed by atoms with Crippen LogP contribution in [0.4, 0.5) is 0 Å². The first-order chi connectivity index (χ1) is 10.7. The molecule has 1 aromatic heterocycles. The molecule has 1 aliphatic heterocycles. The summed E-state index contributed by atoms with van der Waals surface area (Å²) in [6.07, 6.45) is 3.76. The van der Waals surface area contributed by atoms with Crippen LogP contribution in [-0.2, 0) is 11.4 Å². The van der Waals surface area contributed by atoms with Gasteiger partial charge >= 0.3 is 5.97 Å². The standard InChI is InChI=1S/C15H17ClN4O2/c1-22-15(21)14-17-9-20(18-14)10-19-7-3-6-13(19)11-4-2-5-12(16)8-11/h2,4-5,8-9,13H,3,6-7,10H2,1H3/t13-/m1/s1. The predicted octanol–water partition coefficient (Wildman–Crippen LogP) is 2.51. The quantitative estimate of drug-likeness (QED) is 0.810. The number of methoxy groups -OCH3 is 1. The van der Waals surface area contributed by atoms with E-state index in [1.165, 1.54) is 12.7 Å². The van der Waals surface area contributed by atoms with Crippen LogP contribution in [0.25, 0.3) is 0 Å². The summed E-state index contributed by atoms with van der Waals surface area (Å²) in [6.45, 7) is 1.56. The first kappa shape index (κ1) is 15.0. The van der Waals surface area contributed by atoms with Crippen LogP contribution in [0.2, 0.25) is 5.02 Å². The molecule has 7 heteroatoms. The van der Waals surface area contributed by atoms with Gasteiger partial charge in [0.05, 0.1) is 13.8 Å². The van der Waals surface area contributed by atoms with Gasteiger partial charge in [-0.15, -0.1) is 5.10 Å². The summed E-state index contributed by atoms with van der Waals surface area (Å²) in [5.74, 6) is -0.437. The Bertz CT molecular complexity index is 673. The molecule has 0 N–H and O–H groups in total. The molecular formula is C15H17ClN4O2. The van der Waals surface area contributed by atoms with Crippen LogP contribution < -0.4 is 0 Å². The number of esters is 1. The average molecular weight is 321 g/mol. The molecule has 1 atom stereocenters. The van der Waals surface area contributed by atoms with Gasteiger partial charge < -0.3 is 4.74 Å². The molecule has 0 amide bonds. The average Bonchev–Trinajstić information content (AvgIpc) is 3.16. The summed E-state index contributed by atoms with van der Waals surface area (Å²) in [7, 11) is 1.32. The van der Waals surface area contributed by atoms with Gasteiger partial charge in [-0.25, -0.2) is 14.5 Å². The Hall–Kier alpha value is -1.92. The SMILES string of the molecule is COC(=O)c1ncn(CN2CCC[C@@H]2c2cccc(Cl)c2)n1. The summed E-state index contributed by atoms with van der Waals surface area (Å²) in [5, 5.41) is 4.90. The zero-order valence-electron chi connectivity index (χ0n) is 12.3. The summed E-state index contributed by atoms with van der Waals surface area (Å²) < 4.78 is 6.28. The van der Waals surface area contributed by atoms with Crippen molar-refractivity contribution in [3.05, 3.63) is 47.0 Å². The molecule has 3 rings (SSSR count). The highest BCUT2D eigenvalue weighted by Gasteiger charge is 2.26. The molecule has 116 valence electrons. The number of benzene rings is 1. The van der Waals surface area contributed by atoms with Gasteiger partial charge in [0.25, 0.3) is 5.82 Å². The highest BCUT2D eigenvalue weighted by Crippen LogP contribution is 2.33. The maximum atomic E-state index is 11.4. The van der Waals surface area contributed by atoms with Gasteiger partial charge in [0.15, 0.2) is 0 Å². The number of ether oxygens (including phenoxy) is 1. The lowest BCUT2D eigenvalue weighted by atomic mass is 10.1. The van der Waals surface area contributed by atoms with E-state index in [0.717, 1.165) is 24.4 Å². The lowest BCUT2D eigenvalue weighted by Crippen LogP contribution is -2.26. The van der Waals surface area contributed by atoms with Gasteiger partial charge in [-0.1, -0.05) is 23.7 Å². The third-order valence-electron chi connectivity index (χ3n) is 3.83. The number of rotatable bonds is 4. The Balaban J connectivity index is 1.74. The van der Waals surface area contributed by atoms with E-state index in [1.807, 2.05) is 18.2 Å². The molecule has 6 nitrogen and oxygen atoms in total. The second-order valence-electron chi connectivity index (χ2n) is 5.27. The van der Waals surface area contributed by atoms with Crippen LogP contribution in [0, 0.1) is 0 Å². The molecule has 0 bridgehead atoms. The van der Waals surface area contributed by atoms with Gasteiger partial charge in [0.1, 0.15) is 6.33 Å². The fourth-order valence-electron chi connectivity index (χ4n) is 2.82. The number of hydrogen-bond donors (Lipinski definition) is 0. The molecule has 0 unspecified atom stereocenters. The Kier molecular flexibility index (Phi) is 4.40. The van der Waals surface area contributed by atoms with Gasteiger partial charge in [-0.2, -0.15) is 0 Å². The fraction of sp³-hybridized carbons (Fsp3) is 0.400. The van der Waals surface area contributed by atoms with Crippen LogP contribution in [0.3, 0.4) is 0 Å². The van der Waals surface area contributed by atoms with Crippen molar-refractivity contribution < 1.29 is 9.53 Å². The summed E-state index contributed by atoms with van der Waals surface area (Å²) in [6, 6.07) is 8.26. The Morgan fingerprint density at radius 1 is 1.50 bits per heavy atom. The van der Waals surface area contributed by atoms with E-state index in [4.69, 9.17) is 11.6 Å². The van der Waals surface area contributed by atoms with Crippen LogP contribution in [-0.4, -0.2) is 39.3 Å². The highest BCUT2D eigenvalue weighted by atomic mass is 35.5. The number of hydrogen-bond acceptors (Lipinski definition) is 5. The van der Waals surface area contributed by atoms with Crippen molar-refractivity contribution in [1.29, 1.82) is 0 Å². The molecule has 0 spiro atoms. The number of aromatic nitrogens is 3. The third kappa shape index (κ3) is 3.13. The second-order valence-corrected chi connectivity index (χ2v) is 5.70. The van der Waals surface area contributed by atoms with Crippen LogP contribution in [0.15, 0.2) is 30.6 Å². The molecule has 0 radical (unpaired) electrons. The summed E-state index contributed by atoms with van der Waals surface area (Å²) >= 11 is 6.09. The van der Waals surface area contributed by atoms with Gasteiger partial charge in [0, 0.05) is 17.6 Å². The first-order valence-corrected chi connectivity index (χ1v) is 7.52. The van der Waals surface area contributed by atoms with Crippen molar-refractivity contribution >= 4 is 17.6 Å². The van der Waals surface area contributed by atoms with Crippen molar-refractivity contribution in [1.82, 2.24) is 19.7 Å². The van der Waals surface area contributed by atoms with Gasteiger partial charge in [0.2, 0.25) is 0 Å². The molecule has 1 aromatic carbocycles. The van der Waals surface area contributed by atoms with Crippen molar-refractivity contribution in [2.75, 3.05) is 13.7 Å². The van der Waals surface area contributed by atoms with Crippen molar-refractivity contribution in [3.8, 4) is 0 Å². The molecule has 22 heavy (non-hydrogen) atoms. The number of nitrogens with zero attached hydrogens (tertiary/aromatic N) is 4. The fourth-order valence-corrected chi connectivity index (χ4v) is 3.02. The molecule has 2 aromatic rings. The number of halogens is 1. The second kappa shape index (κ2) is 6.46. The van der Waals surface area contributed by atoms with E-state index in [1.54, 1.807) is 11.0 Å². The van der Waals surface area contributed by atoms with Crippen LogP contribution in [0.1, 0.15) is 35.1 Å². The molecule has 0 aliphatic carbocycles. The minimum absolute atomic E-state index is 0.0843. The number of carbonyl (C=O) groups is 1. The Morgan fingerprint density at radius 2 is 2.36 bits per heavy atom. The molecule has 1 aliphatic rings. The Labute approximate surface area is 133 Å². The van der Waals surface area contributed by atoms with Crippen molar-refractivity contribution in [2.24, 2.45) is 0 Å². The first-order valence-electron chi connectivity index (χ1n) is 7.14. The van der Waals surface area contributed by atoms with Gasteiger partial charge in [-0.3, -0.25) is 4.90 Å². The predicted molar refractivity (Wildman–Crippen MR) is 81.5 cm³/mol. The lowest BCUT2D eigenvalue weighted by Gasteiger charge is -2.24. The van der Waals surface area contributed by atoms with Crippen LogP contribution in [0.5, 0.6) is 0 Å². The third-order valence-corrected chi connectivity index (χ3v) is 4.06. The van der Waals surface area contributed by atoms with E-state index >= 15 is 0 Å². The minimum Gasteiger partial charge on any atom is -0.463 e. The normalized spacial score (nSPS) is 18.5. The summed E-state index contributed by atoms with van der Waals surface area (Å²) in [4.78, 5) is 17.7. The molecule has 1 saturated heterocycles. The van der Waals surface area contributed by atoms with E-state index in [0.29, 0.717) is 12.7 Å². The Morgan fingerprint density at radius 3 is 3.14 bits per heavy atom. The molecule has 2 heterocycles. The molecule has 1 fully saturated rings. The van der Waals surface area contributed by atoms with Crippen molar-refractivity contribution in [2.45, 2.75) is 25.6 Å². The monoisotopic (exact) mass is 320 g/mol. The largest absolute Gasteiger partial charge is 0.463 e. The maximum absolute atomic E-state index is 11.4. The highest BCUT2D eigenvalue weighted by molar-refractivity contribution is 6.30. The zero-order valence-corrected chi connectivity index (χ0v) is 13.0. The van der Waals surface area contributed by atoms with Gasteiger partial charge in [-0.05, 0) is 30.5 Å². The molecule has 0 saturated carbocycles.